The standard InChI is InChI=1S/C25H30N4O/c1-6-17(2)7-8-18(3)11-20-13-21(15-28-14-20)25(30)29-16-23(26)22-12-19(4)9-10-24(22)27-5/h7-10,12-15,26-27H,2-3,6,11,16H2,1,4-5H3,(H,29,30)/b8-7-,26-23?. The van der Waals surface area contributed by atoms with Gasteiger partial charge in [-0.3, -0.25) is 9.78 Å². The van der Waals surface area contributed by atoms with Crippen LogP contribution in [0.4, 0.5) is 5.69 Å². The Morgan fingerprint density at radius 2 is 1.90 bits per heavy atom. The van der Waals surface area contributed by atoms with Crippen molar-refractivity contribution in [3.05, 3.63) is 95.4 Å². The van der Waals surface area contributed by atoms with Crippen LogP contribution in [0, 0.1) is 12.3 Å². The SMILES string of the molecule is C=C(/C=C\C(=C)Cc1cncc(C(=O)NCC(=N)c2cc(C)ccc2NC)c1)CC. The molecule has 30 heavy (non-hydrogen) atoms. The Labute approximate surface area is 179 Å². The van der Waals surface area contributed by atoms with Crippen LogP contribution >= 0.6 is 0 Å². The predicted octanol–water partition coefficient (Wildman–Crippen LogP) is 4.85. The maximum absolute atomic E-state index is 12.6. The first-order valence-electron chi connectivity index (χ1n) is 9.96. The molecule has 0 aliphatic heterocycles. The van der Waals surface area contributed by atoms with Gasteiger partial charge in [-0.25, -0.2) is 0 Å². The average Bonchev–Trinajstić information content (AvgIpc) is 2.75. The lowest BCUT2D eigenvalue weighted by atomic mass is 10.0. The number of rotatable bonds is 10. The highest BCUT2D eigenvalue weighted by molar-refractivity contribution is 6.06. The zero-order chi connectivity index (χ0) is 22.1. The van der Waals surface area contributed by atoms with E-state index in [0.29, 0.717) is 17.7 Å². The Balaban J connectivity index is 2.01. The van der Waals surface area contributed by atoms with Crippen LogP contribution in [0.2, 0.25) is 0 Å². The molecule has 0 spiro atoms. The number of hydrogen-bond acceptors (Lipinski definition) is 4. The summed E-state index contributed by atoms with van der Waals surface area (Å²) in [6, 6.07) is 7.67. The number of nitrogens with zero attached hydrogens (tertiary/aromatic N) is 1. The number of carbonyl (C=O) groups is 1. The molecule has 0 unspecified atom stereocenters. The quantitative estimate of drug-likeness (QED) is 0.393. The number of carbonyl (C=O) groups excluding carboxylic acids is 1. The van der Waals surface area contributed by atoms with Crippen molar-refractivity contribution in [2.24, 2.45) is 0 Å². The van der Waals surface area contributed by atoms with Crippen LogP contribution < -0.4 is 10.6 Å². The van der Waals surface area contributed by atoms with Crippen LogP contribution in [0.15, 0.2) is 73.1 Å². The third-order valence-electron chi connectivity index (χ3n) is 4.69. The fraction of sp³-hybridized carbons (Fsp3) is 0.240. The van der Waals surface area contributed by atoms with Crippen molar-refractivity contribution >= 4 is 17.3 Å². The van der Waals surface area contributed by atoms with Gasteiger partial charge >= 0.3 is 0 Å². The highest BCUT2D eigenvalue weighted by Gasteiger charge is 2.11. The summed E-state index contributed by atoms with van der Waals surface area (Å²) < 4.78 is 0. The highest BCUT2D eigenvalue weighted by Crippen LogP contribution is 2.17. The number of amides is 1. The van der Waals surface area contributed by atoms with Crippen LogP contribution in [0.25, 0.3) is 0 Å². The van der Waals surface area contributed by atoms with E-state index in [9.17, 15) is 4.79 Å². The number of benzene rings is 1. The second-order valence-electron chi connectivity index (χ2n) is 7.22. The molecule has 3 N–H and O–H groups in total. The van der Waals surface area contributed by atoms with E-state index in [0.717, 1.165) is 39.9 Å². The molecule has 0 radical (unpaired) electrons. The van der Waals surface area contributed by atoms with Gasteiger partial charge in [-0.15, -0.1) is 0 Å². The lowest BCUT2D eigenvalue weighted by Crippen LogP contribution is -2.30. The van der Waals surface area contributed by atoms with Crippen molar-refractivity contribution < 1.29 is 4.79 Å². The zero-order valence-corrected chi connectivity index (χ0v) is 18.0. The first kappa shape index (κ1) is 22.8. The van der Waals surface area contributed by atoms with E-state index in [1.165, 1.54) is 6.20 Å². The Morgan fingerprint density at radius 1 is 1.17 bits per heavy atom. The summed E-state index contributed by atoms with van der Waals surface area (Å²) in [7, 11) is 1.82. The predicted molar refractivity (Wildman–Crippen MR) is 126 cm³/mol. The lowest BCUT2D eigenvalue weighted by molar-refractivity contribution is 0.0959. The molecule has 0 atom stereocenters. The molecule has 0 saturated carbocycles. The van der Waals surface area contributed by atoms with Crippen LogP contribution in [-0.2, 0) is 6.42 Å². The number of aromatic nitrogens is 1. The van der Waals surface area contributed by atoms with Crippen molar-refractivity contribution in [1.29, 1.82) is 5.41 Å². The van der Waals surface area contributed by atoms with E-state index in [1.54, 1.807) is 6.20 Å². The number of pyridine rings is 1. The lowest BCUT2D eigenvalue weighted by Gasteiger charge is -2.12. The summed E-state index contributed by atoms with van der Waals surface area (Å²) in [6.07, 6.45) is 8.68. The van der Waals surface area contributed by atoms with Crippen LogP contribution in [0.5, 0.6) is 0 Å². The average molecular weight is 403 g/mol. The highest BCUT2D eigenvalue weighted by atomic mass is 16.1. The minimum absolute atomic E-state index is 0.135. The normalized spacial score (nSPS) is 10.6. The van der Waals surface area contributed by atoms with Crippen molar-refractivity contribution in [3.8, 4) is 0 Å². The summed E-state index contributed by atoms with van der Waals surface area (Å²) >= 11 is 0. The smallest absolute Gasteiger partial charge is 0.253 e. The van der Waals surface area contributed by atoms with Crippen LogP contribution in [0.1, 0.15) is 40.4 Å². The van der Waals surface area contributed by atoms with Crippen LogP contribution in [-0.4, -0.2) is 30.2 Å². The zero-order valence-electron chi connectivity index (χ0n) is 18.0. The van der Waals surface area contributed by atoms with Gasteiger partial charge < -0.3 is 16.0 Å². The molecule has 1 aromatic heterocycles. The maximum Gasteiger partial charge on any atom is 0.253 e. The maximum atomic E-state index is 12.6. The van der Waals surface area contributed by atoms with Gasteiger partial charge in [0.05, 0.1) is 17.8 Å². The number of anilines is 1. The Morgan fingerprint density at radius 3 is 2.60 bits per heavy atom. The van der Waals surface area contributed by atoms with E-state index in [1.807, 2.05) is 50.4 Å². The minimum Gasteiger partial charge on any atom is -0.388 e. The van der Waals surface area contributed by atoms with Gasteiger partial charge in [0.25, 0.3) is 5.91 Å². The summed E-state index contributed by atoms with van der Waals surface area (Å²) in [4.78, 5) is 16.8. The molecule has 5 heteroatoms. The molecule has 0 aliphatic carbocycles. The summed E-state index contributed by atoms with van der Waals surface area (Å²) in [6.45, 7) is 12.2. The number of hydrogen-bond donors (Lipinski definition) is 3. The minimum atomic E-state index is -0.256. The van der Waals surface area contributed by atoms with E-state index in [2.05, 4.69) is 35.7 Å². The monoisotopic (exact) mass is 402 g/mol. The molecule has 1 heterocycles. The second kappa shape index (κ2) is 10.9. The molecular formula is C25H30N4O. The largest absolute Gasteiger partial charge is 0.388 e. The van der Waals surface area contributed by atoms with Crippen molar-refractivity contribution in [3.63, 3.8) is 0 Å². The number of nitrogens with one attached hydrogen (secondary N) is 3. The van der Waals surface area contributed by atoms with Gasteiger partial charge in [-0.2, -0.15) is 0 Å². The summed E-state index contributed by atoms with van der Waals surface area (Å²) in [5.74, 6) is -0.256. The van der Waals surface area contributed by atoms with E-state index in [-0.39, 0.29) is 12.5 Å². The molecule has 156 valence electrons. The molecule has 0 aliphatic rings. The molecule has 5 nitrogen and oxygen atoms in total. The molecule has 2 aromatic rings. The van der Waals surface area contributed by atoms with Crippen molar-refractivity contribution in [2.75, 3.05) is 18.9 Å². The molecule has 1 amide bonds. The number of allylic oxidation sites excluding steroid dienone is 4. The van der Waals surface area contributed by atoms with Gasteiger partial charge in [-0.1, -0.05) is 55.0 Å². The Hall–Kier alpha value is -3.47. The van der Waals surface area contributed by atoms with Crippen molar-refractivity contribution in [2.45, 2.75) is 26.7 Å². The first-order valence-corrected chi connectivity index (χ1v) is 9.96. The summed E-state index contributed by atoms with van der Waals surface area (Å²) in [5.41, 5.74) is 6.38. The van der Waals surface area contributed by atoms with E-state index in [4.69, 9.17) is 5.41 Å². The van der Waals surface area contributed by atoms with Crippen LogP contribution in [0.3, 0.4) is 0 Å². The molecule has 0 saturated heterocycles. The van der Waals surface area contributed by atoms with Gasteiger partial charge in [-0.05, 0) is 43.5 Å². The molecule has 1 aromatic carbocycles. The van der Waals surface area contributed by atoms with Gasteiger partial charge in [0.1, 0.15) is 0 Å². The van der Waals surface area contributed by atoms with Gasteiger partial charge in [0, 0.05) is 30.7 Å². The molecule has 0 bridgehead atoms. The molecule has 0 fully saturated rings. The van der Waals surface area contributed by atoms with E-state index < -0.39 is 0 Å². The second-order valence-corrected chi connectivity index (χ2v) is 7.22. The Kier molecular flexibility index (Phi) is 8.29. The topological polar surface area (TPSA) is 77.9 Å². The summed E-state index contributed by atoms with van der Waals surface area (Å²) in [5, 5.41) is 14.3. The van der Waals surface area contributed by atoms with Gasteiger partial charge in [0.15, 0.2) is 0 Å². The third kappa shape index (κ3) is 6.55. The molecular weight excluding hydrogens is 372 g/mol. The Bertz CT molecular complexity index is 988. The number of aryl methyl sites for hydroxylation is 1. The first-order chi connectivity index (χ1) is 14.3. The molecule has 2 rings (SSSR count). The van der Waals surface area contributed by atoms with Gasteiger partial charge in [0.2, 0.25) is 0 Å². The third-order valence-corrected chi connectivity index (χ3v) is 4.69. The fourth-order valence-corrected chi connectivity index (χ4v) is 2.87. The van der Waals surface area contributed by atoms with E-state index >= 15 is 0 Å². The van der Waals surface area contributed by atoms with Crippen molar-refractivity contribution in [1.82, 2.24) is 10.3 Å². The fourth-order valence-electron chi connectivity index (χ4n) is 2.87.